The lowest BCUT2D eigenvalue weighted by Gasteiger charge is -2.24. The van der Waals surface area contributed by atoms with E-state index in [-0.39, 0.29) is 24.5 Å². The van der Waals surface area contributed by atoms with Crippen molar-refractivity contribution in [2.45, 2.75) is 51.0 Å². The maximum atomic E-state index is 12.2. The Bertz CT molecular complexity index is 674. The van der Waals surface area contributed by atoms with Gasteiger partial charge in [0.25, 0.3) is 0 Å². The summed E-state index contributed by atoms with van der Waals surface area (Å²) < 4.78 is 5.22. The molecule has 7 nitrogen and oxygen atoms in total. The number of aliphatic hydroxyl groups is 1. The molecule has 0 aliphatic heterocycles. The quantitative estimate of drug-likeness (QED) is 0.779. The van der Waals surface area contributed by atoms with Gasteiger partial charge >= 0.3 is 0 Å². The van der Waals surface area contributed by atoms with E-state index in [0.717, 1.165) is 31.2 Å². The minimum absolute atomic E-state index is 0.0333. The number of aromatic nitrogens is 3. The average Bonchev–Trinajstić information content (AvgIpc) is 3.01. The Kier molecular flexibility index (Phi) is 6.11. The molecule has 1 aliphatic rings. The molecule has 0 bridgehead atoms. The number of pyridine rings is 1. The number of rotatable bonds is 6. The van der Waals surface area contributed by atoms with Crippen molar-refractivity contribution in [3.63, 3.8) is 0 Å². The SMILES string of the molecule is O=C(CCc1nc(-c2ccncc2)no1)NC1CCCCCC1CO. The minimum Gasteiger partial charge on any atom is -0.396 e. The molecular formula is C18H24N4O3. The number of carbonyl (C=O) groups excluding carboxylic acids is 1. The molecule has 1 amide bonds. The molecule has 0 radical (unpaired) electrons. The van der Waals surface area contributed by atoms with E-state index in [0.29, 0.717) is 24.6 Å². The summed E-state index contributed by atoms with van der Waals surface area (Å²) in [6.07, 6.45) is 9.34. The topological polar surface area (TPSA) is 101 Å². The first-order valence-electron chi connectivity index (χ1n) is 8.89. The number of amides is 1. The highest BCUT2D eigenvalue weighted by atomic mass is 16.5. The van der Waals surface area contributed by atoms with Crippen molar-refractivity contribution >= 4 is 5.91 Å². The van der Waals surface area contributed by atoms with Crippen LogP contribution in [0.1, 0.15) is 44.4 Å². The number of aryl methyl sites for hydroxylation is 1. The molecule has 0 saturated heterocycles. The van der Waals surface area contributed by atoms with Gasteiger partial charge in [-0.3, -0.25) is 9.78 Å². The Morgan fingerprint density at radius 3 is 2.84 bits per heavy atom. The van der Waals surface area contributed by atoms with E-state index in [9.17, 15) is 9.90 Å². The summed E-state index contributed by atoms with van der Waals surface area (Å²) in [5.74, 6) is 1.07. The van der Waals surface area contributed by atoms with E-state index < -0.39 is 0 Å². The molecule has 2 N–H and O–H groups in total. The largest absolute Gasteiger partial charge is 0.396 e. The molecule has 2 atom stereocenters. The molecule has 25 heavy (non-hydrogen) atoms. The molecule has 0 spiro atoms. The van der Waals surface area contributed by atoms with Gasteiger partial charge in [-0.15, -0.1) is 0 Å². The first-order valence-corrected chi connectivity index (χ1v) is 8.89. The van der Waals surface area contributed by atoms with Gasteiger partial charge in [-0.2, -0.15) is 4.98 Å². The molecule has 3 rings (SSSR count). The standard InChI is InChI=1S/C18H24N4O3/c23-12-14-4-2-1-3-5-15(14)20-16(24)6-7-17-21-18(22-25-17)13-8-10-19-11-9-13/h8-11,14-15,23H,1-7,12H2,(H,20,24). The maximum absolute atomic E-state index is 12.2. The van der Waals surface area contributed by atoms with Crippen LogP contribution in [0, 0.1) is 5.92 Å². The normalized spacial score (nSPS) is 20.8. The van der Waals surface area contributed by atoms with E-state index in [1.807, 2.05) is 12.1 Å². The number of hydrogen-bond donors (Lipinski definition) is 2. The predicted molar refractivity (Wildman–Crippen MR) is 91.4 cm³/mol. The van der Waals surface area contributed by atoms with E-state index >= 15 is 0 Å². The highest BCUT2D eigenvalue weighted by Gasteiger charge is 2.24. The fraction of sp³-hybridized carbons (Fsp3) is 0.556. The molecule has 7 heteroatoms. The van der Waals surface area contributed by atoms with Crippen LogP contribution < -0.4 is 5.32 Å². The zero-order valence-electron chi connectivity index (χ0n) is 14.2. The molecule has 1 fully saturated rings. The molecule has 2 heterocycles. The van der Waals surface area contributed by atoms with Crippen LogP contribution >= 0.6 is 0 Å². The first kappa shape index (κ1) is 17.5. The Morgan fingerprint density at radius 1 is 1.24 bits per heavy atom. The highest BCUT2D eigenvalue weighted by Crippen LogP contribution is 2.23. The van der Waals surface area contributed by atoms with E-state index in [4.69, 9.17) is 4.52 Å². The van der Waals surface area contributed by atoms with Crippen LogP contribution in [0.25, 0.3) is 11.4 Å². The zero-order valence-corrected chi connectivity index (χ0v) is 14.2. The predicted octanol–water partition coefficient (Wildman–Crippen LogP) is 2.12. The summed E-state index contributed by atoms with van der Waals surface area (Å²) in [5.41, 5.74) is 0.832. The monoisotopic (exact) mass is 344 g/mol. The number of nitrogens with one attached hydrogen (secondary N) is 1. The number of aliphatic hydroxyl groups excluding tert-OH is 1. The molecule has 2 unspecified atom stereocenters. The summed E-state index contributed by atoms with van der Waals surface area (Å²) in [7, 11) is 0. The molecule has 2 aromatic rings. The smallest absolute Gasteiger partial charge is 0.227 e. The summed E-state index contributed by atoms with van der Waals surface area (Å²) in [6, 6.07) is 3.68. The van der Waals surface area contributed by atoms with Crippen molar-refractivity contribution < 1.29 is 14.4 Å². The summed E-state index contributed by atoms with van der Waals surface area (Å²) in [4.78, 5) is 20.5. The van der Waals surface area contributed by atoms with E-state index in [2.05, 4.69) is 20.4 Å². The minimum atomic E-state index is -0.0333. The van der Waals surface area contributed by atoms with Gasteiger partial charge in [0.1, 0.15) is 0 Å². The van der Waals surface area contributed by atoms with Crippen LogP contribution in [0.15, 0.2) is 29.0 Å². The third kappa shape index (κ3) is 4.85. The highest BCUT2D eigenvalue weighted by molar-refractivity contribution is 5.76. The maximum Gasteiger partial charge on any atom is 0.227 e. The van der Waals surface area contributed by atoms with Gasteiger partial charge in [0, 0.05) is 49.4 Å². The van der Waals surface area contributed by atoms with Crippen molar-refractivity contribution in [2.75, 3.05) is 6.61 Å². The summed E-state index contributed by atoms with van der Waals surface area (Å²) in [6.45, 7) is 0.129. The van der Waals surface area contributed by atoms with E-state index in [1.165, 1.54) is 6.42 Å². The lowest BCUT2D eigenvalue weighted by atomic mass is 9.95. The van der Waals surface area contributed by atoms with Crippen LogP contribution in [0.2, 0.25) is 0 Å². The molecule has 2 aromatic heterocycles. The molecule has 0 aromatic carbocycles. The van der Waals surface area contributed by atoms with Gasteiger partial charge in [0.15, 0.2) is 0 Å². The third-order valence-electron chi connectivity index (χ3n) is 4.71. The van der Waals surface area contributed by atoms with Gasteiger partial charge in [-0.1, -0.05) is 24.4 Å². The van der Waals surface area contributed by atoms with Gasteiger partial charge < -0.3 is 14.9 Å². The zero-order chi connectivity index (χ0) is 17.5. The van der Waals surface area contributed by atoms with Crippen LogP contribution in [-0.4, -0.2) is 38.8 Å². The second kappa shape index (κ2) is 8.71. The van der Waals surface area contributed by atoms with Crippen LogP contribution in [0.5, 0.6) is 0 Å². The third-order valence-corrected chi connectivity index (χ3v) is 4.71. The lowest BCUT2D eigenvalue weighted by molar-refractivity contribution is -0.122. The van der Waals surface area contributed by atoms with E-state index in [1.54, 1.807) is 12.4 Å². The number of carbonyl (C=O) groups is 1. The number of nitrogens with zero attached hydrogens (tertiary/aromatic N) is 3. The van der Waals surface area contributed by atoms with Crippen molar-refractivity contribution in [1.29, 1.82) is 0 Å². The Morgan fingerprint density at radius 2 is 2.04 bits per heavy atom. The molecule has 1 saturated carbocycles. The Labute approximate surface area is 146 Å². The van der Waals surface area contributed by atoms with Crippen LogP contribution in [0.4, 0.5) is 0 Å². The second-order valence-electron chi connectivity index (χ2n) is 6.50. The first-order chi connectivity index (χ1) is 12.3. The molecular weight excluding hydrogens is 320 g/mol. The van der Waals surface area contributed by atoms with Gasteiger partial charge in [0.05, 0.1) is 0 Å². The van der Waals surface area contributed by atoms with Crippen molar-refractivity contribution in [3.8, 4) is 11.4 Å². The van der Waals surface area contributed by atoms with Crippen LogP contribution in [-0.2, 0) is 11.2 Å². The van der Waals surface area contributed by atoms with Crippen molar-refractivity contribution in [3.05, 3.63) is 30.4 Å². The van der Waals surface area contributed by atoms with Crippen LogP contribution in [0.3, 0.4) is 0 Å². The fourth-order valence-corrected chi connectivity index (χ4v) is 3.27. The Hall–Kier alpha value is -2.28. The second-order valence-corrected chi connectivity index (χ2v) is 6.50. The fourth-order valence-electron chi connectivity index (χ4n) is 3.27. The Balaban J connectivity index is 1.51. The molecule has 1 aliphatic carbocycles. The van der Waals surface area contributed by atoms with Gasteiger partial charge in [-0.05, 0) is 25.0 Å². The van der Waals surface area contributed by atoms with Crippen molar-refractivity contribution in [2.24, 2.45) is 5.92 Å². The van der Waals surface area contributed by atoms with Gasteiger partial charge in [-0.25, -0.2) is 0 Å². The van der Waals surface area contributed by atoms with Crippen molar-refractivity contribution in [1.82, 2.24) is 20.4 Å². The lowest BCUT2D eigenvalue weighted by Crippen LogP contribution is -2.41. The summed E-state index contributed by atoms with van der Waals surface area (Å²) >= 11 is 0. The van der Waals surface area contributed by atoms with Gasteiger partial charge in [0.2, 0.25) is 17.6 Å². The average molecular weight is 344 g/mol. The summed E-state index contributed by atoms with van der Waals surface area (Å²) in [5, 5.41) is 16.5. The molecule has 134 valence electrons. The number of hydrogen-bond acceptors (Lipinski definition) is 6.